The molecule has 1 rings (SSSR count). The van der Waals surface area contributed by atoms with Gasteiger partial charge in [0.15, 0.2) is 0 Å². The van der Waals surface area contributed by atoms with Gasteiger partial charge in [0, 0.05) is 6.42 Å². The van der Waals surface area contributed by atoms with Crippen LogP contribution in [0.4, 0.5) is 0 Å². The fraction of sp³-hybridized carbons (Fsp3) is 0.300. The van der Waals surface area contributed by atoms with E-state index in [2.05, 4.69) is 13.2 Å². The summed E-state index contributed by atoms with van der Waals surface area (Å²) in [6.07, 6.45) is 8.62. The molecule has 0 bridgehead atoms. The quantitative estimate of drug-likeness (QED) is 0.460. The maximum atomic E-state index is 11.4. The Balaban J connectivity index is 2.88. The van der Waals surface area contributed by atoms with E-state index in [0.717, 1.165) is 13.0 Å². The number of hydrogen-bond acceptors (Lipinski definition) is 1. The van der Waals surface area contributed by atoms with E-state index in [1.165, 1.54) is 0 Å². The highest BCUT2D eigenvalue weighted by molar-refractivity contribution is 5.71. The van der Waals surface area contributed by atoms with Crippen LogP contribution >= 0.6 is 0 Å². The first-order valence-electron chi connectivity index (χ1n) is 4.10. The third-order valence-corrected chi connectivity index (χ3v) is 2.20. The maximum absolute atomic E-state index is 11.4. The van der Waals surface area contributed by atoms with Crippen LogP contribution in [0.3, 0.4) is 0 Å². The molecule has 1 aliphatic heterocycles. The van der Waals surface area contributed by atoms with Crippen LogP contribution in [0.1, 0.15) is 12.8 Å². The predicted octanol–water partition coefficient (Wildman–Crippen LogP) is 1.97. The maximum Gasteiger partial charge on any atom is 0.323 e. The second kappa shape index (κ2) is 3.50. The van der Waals surface area contributed by atoms with Crippen molar-refractivity contribution in [3.63, 3.8) is 0 Å². The molecule has 0 aromatic rings. The molecule has 1 atom stereocenters. The Kier molecular flexibility index (Phi) is 2.61. The lowest BCUT2D eigenvalue weighted by Gasteiger charge is -2.20. The summed E-state index contributed by atoms with van der Waals surface area (Å²) in [5.74, 6) is 0.225. The number of amides is 1. The summed E-state index contributed by atoms with van der Waals surface area (Å²) in [7, 11) is 0. The Hall–Kier alpha value is -1.15. The minimum atomic E-state index is 0.225. The number of hydrogen-bond donors (Lipinski definition) is 0. The van der Waals surface area contributed by atoms with Crippen LogP contribution in [0.2, 0.25) is 0 Å². The number of allylic oxidation sites excluding steroid dienone is 2. The number of nitrogens with zero attached hydrogens (tertiary/aromatic N) is 1. The third-order valence-electron chi connectivity index (χ3n) is 2.20. The van der Waals surface area contributed by atoms with Crippen LogP contribution in [-0.4, -0.2) is 16.9 Å². The lowest BCUT2D eigenvalue weighted by molar-refractivity contribution is -0.738. The van der Waals surface area contributed by atoms with E-state index >= 15 is 0 Å². The van der Waals surface area contributed by atoms with Crippen LogP contribution in [0.5, 0.6) is 0 Å². The second-order valence-corrected chi connectivity index (χ2v) is 2.91. The van der Waals surface area contributed by atoms with Gasteiger partial charge in [-0.15, -0.1) is 0 Å². The molecule has 0 aromatic carbocycles. The summed E-state index contributed by atoms with van der Waals surface area (Å²) in [5, 5.41) is 0. The fourth-order valence-corrected chi connectivity index (χ4v) is 1.45. The summed E-state index contributed by atoms with van der Waals surface area (Å²) in [5.41, 5.74) is 0. The zero-order valence-corrected chi connectivity index (χ0v) is 7.20. The molecular weight excluding hydrogens is 150 g/mol. The first-order valence-corrected chi connectivity index (χ1v) is 4.10. The van der Waals surface area contributed by atoms with Crippen molar-refractivity contribution in [1.29, 1.82) is 0 Å². The molecule has 1 amide bonds. The molecule has 0 N–H and O–H groups in total. The minimum Gasteiger partial charge on any atom is -0.230 e. The van der Waals surface area contributed by atoms with Gasteiger partial charge in [0.05, 0.1) is 13.0 Å². The van der Waals surface area contributed by atoms with Crippen molar-refractivity contribution in [2.24, 2.45) is 0 Å². The largest absolute Gasteiger partial charge is 0.323 e. The summed E-state index contributed by atoms with van der Waals surface area (Å²) >= 11 is 0. The molecule has 0 radical (unpaired) electrons. The highest BCUT2D eigenvalue weighted by Gasteiger charge is 2.36. The lowest BCUT2D eigenvalue weighted by Crippen LogP contribution is -2.37. The molecule has 2 heteroatoms. The molecular formula is C10H14NO+. The van der Waals surface area contributed by atoms with Crippen LogP contribution in [0.25, 0.3) is 0 Å². The van der Waals surface area contributed by atoms with Crippen molar-refractivity contribution < 1.29 is 9.28 Å². The molecule has 1 unspecified atom stereocenters. The van der Waals surface area contributed by atoms with E-state index in [1.807, 2.05) is 6.20 Å². The van der Waals surface area contributed by atoms with Gasteiger partial charge in [-0.1, -0.05) is 12.7 Å². The molecule has 1 saturated heterocycles. The Morgan fingerprint density at radius 1 is 1.42 bits per heavy atom. The SMILES string of the molecule is C=CC=C[N+]1(C=C)CCCC1=O. The van der Waals surface area contributed by atoms with Crippen LogP contribution in [0, 0.1) is 0 Å². The molecule has 1 fully saturated rings. The summed E-state index contributed by atoms with van der Waals surface area (Å²) in [4.78, 5) is 11.4. The number of carbonyl (C=O) groups is 1. The van der Waals surface area contributed by atoms with Gasteiger partial charge in [0.25, 0.3) is 0 Å². The zero-order chi connectivity index (χ0) is 9.03. The zero-order valence-electron chi connectivity index (χ0n) is 7.20. The normalized spacial score (nSPS) is 29.5. The van der Waals surface area contributed by atoms with Crippen molar-refractivity contribution in [1.82, 2.24) is 0 Å². The average Bonchev–Trinajstić information content (AvgIpc) is 2.45. The number of carbonyl (C=O) groups excluding carboxylic acids is 1. The minimum absolute atomic E-state index is 0.225. The fourth-order valence-electron chi connectivity index (χ4n) is 1.45. The van der Waals surface area contributed by atoms with Crippen molar-refractivity contribution in [2.45, 2.75) is 12.8 Å². The van der Waals surface area contributed by atoms with E-state index in [1.54, 1.807) is 18.4 Å². The summed E-state index contributed by atoms with van der Waals surface area (Å²) < 4.78 is 0.284. The molecule has 0 aliphatic carbocycles. The molecule has 0 aromatic heterocycles. The Morgan fingerprint density at radius 3 is 2.58 bits per heavy atom. The standard InChI is InChI=1S/C10H14NO/c1-3-5-8-11(4-2)9-6-7-10(11)12/h3-5,8H,1-2,6-7,9H2/q+1. The second-order valence-electron chi connectivity index (χ2n) is 2.91. The number of quaternary nitrogens is 1. The van der Waals surface area contributed by atoms with E-state index in [-0.39, 0.29) is 10.4 Å². The number of rotatable bonds is 3. The molecule has 0 saturated carbocycles. The average molecular weight is 164 g/mol. The lowest BCUT2D eigenvalue weighted by atomic mass is 10.4. The van der Waals surface area contributed by atoms with Gasteiger partial charge in [-0.3, -0.25) is 0 Å². The van der Waals surface area contributed by atoms with Crippen LogP contribution in [-0.2, 0) is 4.79 Å². The molecule has 0 spiro atoms. The van der Waals surface area contributed by atoms with E-state index in [4.69, 9.17) is 0 Å². The van der Waals surface area contributed by atoms with Gasteiger partial charge in [-0.2, -0.15) is 0 Å². The van der Waals surface area contributed by atoms with E-state index in [9.17, 15) is 4.79 Å². The Morgan fingerprint density at radius 2 is 2.17 bits per heavy atom. The Labute approximate surface area is 73.1 Å². The van der Waals surface area contributed by atoms with Crippen molar-refractivity contribution >= 4 is 5.91 Å². The van der Waals surface area contributed by atoms with Gasteiger partial charge < -0.3 is 0 Å². The molecule has 64 valence electrons. The first-order chi connectivity index (χ1) is 5.75. The monoisotopic (exact) mass is 164 g/mol. The van der Waals surface area contributed by atoms with Gasteiger partial charge in [-0.05, 0) is 12.7 Å². The van der Waals surface area contributed by atoms with E-state index < -0.39 is 0 Å². The summed E-state index contributed by atoms with van der Waals surface area (Å²) in [6, 6.07) is 0. The molecule has 2 nitrogen and oxygen atoms in total. The van der Waals surface area contributed by atoms with Gasteiger partial charge in [0.1, 0.15) is 12.4 Å². The number of likely N-dealkylation sites (tertiary alicyclic amines) is 1. The van der Waals surface area contributed by atoms with Gasteiger partial charge >= 0.3 is 5.91 Å². The van der Waals surface area contributed by atoms with Crippen LogP contribution in [0.15, 0.2) is 37.7 Å². The van der Waals surface area contributed by atoms with Crippen LogP contribution < -0.4 is 0 Å². The van der Waals surface area contributed by atoms with Crippen molar-refractivity contribution in [3.05, 3.63) is 37.7 Å². The first kappa shape index (κ1) is 8.94. The van der Waals surface area contributed by atoms with Crippen molar-refractivity contribution in [3.8, 4) is 0 Å². The predicted molar refractivity (Wildman–Crippen MR) is 48.9 cm³/mol. The smallest absolute Gasteiger partial charge is 0.230 e. The highest BCUT2D eigenvalue weighted by Crippen LogP contribution is 2.22. The summed E-state index contributed by atoms with van der Waals surface area (Å²) in [6.45, 7) is 8.09. The van der Waals surface area contributed by atoms with E-state index in [0.29, 0.717) is 6.42 Å². The van der Waals surface area contributed by atoms with Gasteiger partial charge in [-0.25, -0.2) is 9.28 Å². The van der Waals surface area contributed by atoms with Gasteiger partial charge in [0.2, 0.25) is 0 Å². The molecule has 1 heterocycles. The van der Waals surface area contributed by atoms with Crippen molar-refractivity contribution in [2.75, 3.05) is 6.54 Å². The highest BCUT2D eigenvalue weighted by atomic mass is 16.2. The topological polar surface area (TPSA) is 17.1 Å². The molecule has 12 heavy (non-hydrogen) atoms. The molecule has 1 aliphatic rings. The Bertz CT molecular complexity index is 242. The third kappa shape index (κ3) is 1.38.